The predicted molar refractivity (Wildman–Crippen MR) is 74.5 cm³/mol. The van der Waals surface area contributed by atoms with Crippen LogP contribution in [0.25, 0.3) is 0 Å². The molecule has 1 aromatic heterocycles. The average molecular weight is 260 g/mol. The van der Waals surface area contributed by atoms with E-state index < -0.39 is 0 Å². The molecule has 2 aliphatic heterocycles. The lowest BCUT2D eigenvalue weighted by molar-refractivity contribution is 0.202. The van der Waals surface area contributed by atoms with Crippen molar-refractivity contribution in [2.45, 2.75) is 31.8 Å². The summed E-state index contributed by atoms with van der Waals surface area (Å²) in [5.41, 5.74) is 5.84. The van der Waals surface area contributed by atoms with E-state index in [9.17, 15) is 0 Å². The molecule has 2 unspecified atom stereocenters. The van der Waals surface area contributed by atoms with Gasteiger partial charge < -0.3 is 10.6 Å². The first-order valence-electron chi connectivity index (χ1n) is 6.82. The van der Waals surface area contributed by atoms with E-state index in [0.717, 1.165) is 18.9 Å². The van der Waals surface area contributed by atoms with Gasteiger partial charge in [-0.25, -0.2) is 9.97 Å². The first-order valence-corrected chi connectivity index (χ1v) is 6.82. The molecule has 2 saturated heterocycles. The fraction of sp³-hybridized carbons (Fsp3) is 0.615. The largest absolute Gasteiger partial charge is 0.382 e. The Bertz CT molecular complexity index is 471. The van der Waals surface area contributed by atoms with Crippen molar-refractivity contribution in [3.05, 3.63) is 18.1 Å². The number of amidine groups is 1. The third-order valence-corrected chi connectivity index (χ3v) is 4.15. The van der Waals surface area contributed by atoms with E-state index in [4.69, 9.17) is 11.1 Å². The molecule has 3 rings (SSSR count). The van der Waals surface area contributed by atoms with Gasteiger partial charge in [-0.2, -0.15) is 0 Å². The maximum absolute atomic E-state index is 7.34. The normalized spacial score (nSPS) is 27.3. The summed E-state index contributed by atoms with van der Waals surface area (Å²) in [6.45, 7) is 5.59. The number of aromatic nitrogens is 2. The van der Waals surface area contributed by atoms with Gasteiger partial charge in [0.25, 0.3) is 0 Å². The summed E-state index contributed by atoms with van der Waals surface area (Å²) in [6, 6.07) is 1.11. The average Bonchev–Trinajstić information content (AvgIpc) is 2.85. The minimum Gasteiger partial charge on any atom is -0.382 e. The molecule has 0 spiro atoms. The molecule has 19 heavy (non-hydrogen) atoms. The van der Waals surface area contributed by atoms with Crippen LogP contribution in [0.3, 0.4) is 0 Å². The number of hydrogen-bond acceptors (Lipinski definition) is 5. The number of nitrogens with zero attached hydrogens (tertiary/aromatic N) is 4. The number of rotatable bonds is 2. The molecule has 0 bridgehead atoms. The zero-order chi connectivity index (χ0) is 13.4. The Kier molecular flexibility index (Phi) is 3.10. The number of nitrogen functional groups attached to an aromatic ring is 1. The highest BCUT2D eigenvalue weighted by atomic mass is 15.3. The number of nitrogens with two attached hydrogens (primary N) is 1. The molecule has 2 atom stereocenters. The second-order valence-corrected chi connectivity index (χ2v) is 5.47. The summed E-state index contributed by atoms with van der Waals surface area (Å²) in [5, 5.41) is 7.34. The maximum Gasteiger partial charge on any atom is 0.147 e. The van der Waals surface area contributed by atoms with Gasteiger partial charge in [0.15, 0.2) is 0 Å². The summed E-state index contributed by atoms with van der Waals surface area (Å²) in [4.78, 5) is 13.5. The SMILES string of the molecule is CC1CN2CCCC2CN1c1cnc(C(=N)N)cn1. The zero-order valence-electron chi connectivity index (χ0n) is 11.2. The van der Waals surface area contributed by atoms with Crippen molar-refractivity contribution in [3.8, 4) is 0 Å². The topological polar surface area (TPSA) is 82.1 Å². The number of piperazine rings is 1. The highest BCUT2D eigenvalue weighted by Crippen LogP contribution is 2.27. The Morgan fingerprint density at radius 1 is 1.37 bits per heavy atom. The van der Waals surface area contributed by atoms with Crippen LogP contribution < -0.4 is 10.6 Å². The monoisotopic (exact) mass is 260 g/mol. The van der Waals surface area contributed by atoms with Gasteiger partial charge in [-0.15, -0.1) is 0 Å². The fourth-order valence-electron chi connectivity index (χ4n) is 3.12. The van der Waals surface area contributed by atoms with Crippen molar-refractivity contribution in [3.63, 3.8) is 0 Å². The smallest absolute Gasteiger partial charge is 0.147 e. The van der Waals surface area contributed by atoms with E-state index in [1.807, 2.05) is 0 Å². The molecule has 2 fully saturated rings. The van der Waals surface area contributed by atoms with Gasteiger partial charge in [-0.1, -0.05) is 0 Å². The van der Waals surface area contributed by atoms with Crippen LogP contribution in [-0.2, 0) is 0 Å². The van der Waals surface area contributed by atoms with Crippen molar-refractivity contribution in [1.82, 2.24) is 14.9 Å². The molecular weight excluding hydrogens is 240 g/mol. The Labute approximate surface area is 113 Å². The Balaban J connectivity index is 1.79. The van der Waals surface area contributed by atoms with Crippen LogP contribution in [0.4, 0.5) is 5.82 Å². The molecule has 0 radical (unpaired) electrons. The van der Waals surface area contributed by atoms with E-state index >= 15 is 0 Å². The number of hydrogen-bond donors (Lipinski definition) is 2. The maximum atomic E-state index is 7.34. The lowest BCUT2D eigenvalue weighted by Gasteiger charge is -2.42. The van der Waals surface area contributed by atoms with Crippen molar-refractivity contribution < 1.29 is 0 Å². The van der Waals surface area contributed by atoms with Gasteiger partial charge in [0.2, 0.25) is 0 Å². The molecule has 1 aromatic rings. The highest BCUT2D eigenvalue weighted by Gasteiger charge is 2.34. The second kappa shape index (κ2) is 4.77. The molecule has 3 N–H and O–H groups in total. The van der Waals surface area contributed by atoms with Crippen LogP contribution in [0, 0.1) is 5.41 Å². The Hall–Kier alpha value is -1.69. The quantitative estimate of drug-likeness (QED) is 0.595. The molecule has 0 aromatic carbocycles. The van der Waals surface area contributed by atoms with Crippen LogP contribution in [0.1, 0.15) is 25.5 Å². The number of nitrogens with one attached hydrogen (secondary N) is 1. The molecule has 6 heteroatoms. The lowest BCUT2D eigenvalue weighted by atomic mass is 10.1. The van der Waals surface area contributed by atoms with Crippen LogP contribution in [0.15, 0.2) is 12.4 Å². The van der Waals surface area contributed by atoms with E-state index in [0.29, 0.717) is 17.8 Å². The fourth-order valence-corrected chi connectivity index (χ4v) is 3.12. The molecular formula is C13H20N6. The second-order valence-electron chi connectivity index (χ2n) is 5.47. The summed E-state index contributed by atoms with van der Waals surface area (Å²) < 4.78 is 0. The minimum atomic E-state index is -0.0345. The van der Waals surface area contributed by atoms with Gasteiger partial charge in [0.05, 0.1) is 12.4 Å². The van der Waals surface area contributed by atoms with Gasteiger partial charge in [-0.3, -0.25) is 10.3 Å². The molecule has 0 aliphatic carbocycles. The summed E-state index contributed by atoms with van der Waals surface area (Å²) in [7, 11) is 0. The molecule has 3 heterocycles. The summed E-state index contributed by atoms with van der Waals surface area (Å²) in [5.74, 6) is 0.858. The van der Waals surface area contributed by atoms with Crippen LogP contribution >= 0.6 is 0 Å². The first-order chi connectivity index (χ1) is 9.15. The predicted octanol–water partition coefficient (Wildman–Crippen LogP) is 0.434. The van der Waals surface area contributed by atoms with Crippen LogP contribution in [-0.4, -0.2) is 52.4 Å². The third kappa shape index (κ3) is 2.28. The zero-order valence-corrected chi connectivity index (χ0v) is 11.2. The van der Waals surface area contributed by atoms with E-state index in [1.165, 1.54) is 19.4 Å². The standard InChI is InChI=1S/C13H20N6/c1-9-7-18-4-2-3-10(18)8-19(9)12-6-16-11(5-17-12)13(14)15/h5-6,9-10H,2-4,7-8H2,1H3,(H3,14,15). The van der Waals surface area contributed by atoms with E-state index in [-0.39, 0.29) is 5.84 Å². The molecule has 102 valence electrons. The van der Waals surface area contributed by atoms with Crippen molar-refractivity contribution >= 4 is 11.7 Å². The molecule has 0 amide bonds. The van der Waals surface area contributed by atoms with Crippen molar-refractivity contribution in [2.24, 2.45) is 5.73 Å². The molecule has 0 saturated carbocycles. The van der Waals surface area contributed by atoms with Crippen LogP contribution in [0.2, 0.25) is 0 Å². The Morgan fingerprint density at radius 3 is 2.89 bits per heavy atom. The van der Waals surface area contributed by atoms with Gasteiger partial charge in [0, 0.05) is 25.2 Å². The van der Waals surface area contributed by atoms with Gasteiger partial charge >= 0.3 is 0 Å². The van der Waals surface area contributed by atoms with Gasteiger partial charge in [0.1, 0.15) is 17.3 Å². The van der Waals surface area contributed by atoms with Crippen LogP contribution in [0.5, 0.6) is 0 Å². The van der Waals surface area contributed by atoms with E-state index in [1.54, 1.807) is 12.4 Å². The number of fused-ring (bicyclic) bond motifs is 1. The lowest BCUT2D eigenvalue weighted by Crippen LogP contribution is -2.55. The third-order valence-electron chi connectivity index (χ3n) is 4.15. The summed E-state index contributed by atoms with van der Waals surface area (Å²) in [6.07, 6.45) is 5.91. The first kappa shape index (κ1) is 12.3. The van der Waals surface area contributed by atoms with Crippen molar-refractivity contribution in [1.29, 1.82) is 5.41 Å². The molecule has 6 nitrogen and oxygen atoms in total. The van der Waals surface area contributed by atoms with E-state index in [2.05, 4.69) is 26.7 Å². The minimum absolute atomic E-state index is 0.0345. The molecule has 2 aliphatic rings. The highest BCUT2D eigenvalue weighted by molar-refractivity contribution is 5.92. The number of anilines is 1. The van der Waals surface area contributed by atoms with Gasteiger partial charge in [-0.05, 0) is 26.3 Å². The summed E-state index contributed by atoms with van der Waals surface area (Å²) >= 11 is 0. The van der Waals surface area contributed by atoms with Crippen molar-refractivity contribution in [2.75, 3.05) is 24.5 Å². The Morgan fingerprint density at radius 2 is 2.21 bits per heavy atom.